The van der Waals surface area contributed by atoms with Crippen LogP contribution in [-0.2, 0) is 0 Å². The van der Waals surface area contributed by atoms with E-state index in [1.807, 2.05) is 76.3 Å². The van der Waals surface area contributed by atoms with E-state index in [9.17, 15) is 4.79 Å². The number of carbonyl (C=O) groups excluding carboxylic acids is 1. The molecule has 0 aliphatic carbocycles. The highest BCUT2D eigenvalue weighted by molar-refractivity contribution is 6.09. The van der Waals surface area contributed by atoms with Crippen LogP contribution >= 0.6 is 0 Å². The Kier molecular flexibility index (Phi) is 9.56. The summed E-state index contributed by atoms with van der Waals surface area (Å²) in [7, 11) is 1.95. The Morgan fingerprint density at radius 2 is 1.52 bits per heavy atom. The smallest absolute Gasteiger partial charge is 0.193 e. The number of hydrogen-bond acceptors (Lipinski definition) is 3. The summed E-state index contributed by atoms with van der Waals surface area (Å²) in [5, 5.41) is 3.25. The molecule has 0 radical (unpaired) electrons. The fourth-order valence-corrected chi connectivity index (χ4v) is 2.43. The Hall–Kier alpha value is -2.13. The molecule has 25 heavy (non-hydrogen) atoms. The fourth-order valence-electron chi connectivity index (χ4n) is 2.43. The molecule has 0 heterocycles. The minimum absolute atomic E-state index is 0.0376. The maximum Gasteiger partial charge on any atom is 0.193 e. The molecule has 0 saturated carbocycles. The Labute approximate surface area is 152 Å². The molecule has 0 aliphatic heterocycles. The molecule has 0 saturated heterocycles. The molecule has 0 fully saturated rings. The van der Waals surface area contributed by atoms with Crippen molar-refractivity contribution < 1.29 is 9.53 Å². The van der Waals surface area contributed by atoms with Gasteiger partial charge in [-0.05, 0) is 44.7 Å². The summed E-state index contributed by atoms with van der Waals surface area (Å²) >= 11 is 0. The Balaban J connectivity index is 0.00000151. The molecule has 1 N–H and O–H groups in total. The van der Waals surface area contributed by atoms with E-state index in [1.54, 1.807) is 0 Å². The predicted molar refractivity (Wildman–Crippen MR) is 106 cm³/mol. The summed E-state index contributed by atoms with van der Waals surface area (Å²) in [6.45, 7) is 8.81. The van der Waals surface area contributed by atoms with Crippen LogP contribution in [0.5, 0.6) is 5.75 Å². The van der Waals surface area contributed by atoms with Crippen molar-refractivity contribution in [2.45, 2.75) is 46.6 Å². The summed E-state index contributed by atoms with van der Waals surface area (Å²) in [5.74, 6) is 0.831. The van der Waals surface area contributed by atoms with Crippen molar-refractivity contribution in [3.8, 4) is 5.75 Å². The number of aryl methyl sites for hydroxylation is 1. The number of benzene rings is 2. The van der Waals surface area contributed by atoms with Crippen LogP contribution < -0.4 is 10.1 Å². The van der Waals surface area contributed by atoms with Gasteiger partial charge in [-0.25, -0.2) is 0 Å². The van der Waals surface area contributed by atoms with E-state index in [1.165, 1.54) is 0 Å². The third-order valence-electron chi connectivity index (χ3n) is 3.93. The van der Waals surface area contributed by atoms with E-state index in [2.05, 4.69) is 12.2 Å². The third kappa shape index (κ3) is 6.71. The normalized spacial score (nSPS) is 11.2. The number of hydrogen-bond donors (Lipinski definition) is 1. The van der Waals surface area contributed by atoms with Gasteiger partial charge < -0.3 is 10.1 Å². The maximum atomic E-state index is 12.4. The maximum absolute atomic E-state index is 12.4. The molecule has 2 rings (SSSR count). The average molecular weight is 341 g/mol. The van der Waals surface area contributed by atoms with Gasteiger partial charge in [0, 0.05) is 17.2 Å². The first-order valence-corrected chi connectivity index (χ1v) is 9.15. The number of rotatable bonds is 8. The number of ketones is 1. The van der Waals surface area contributed by atoms with E-state index in [4.69, 9.17) is 4.74 Å². The molecule has 2 aromatic rings. The molecular weight excluding hydrogens is 310 g/mol. The molecule has 1 unspecified atom stereocenters. The molecule has 0 bridgehead atoms. The zero-order chi connectivity index (χ0) is 18.7. The van der Waals surface area contributed by atoms with Crippen LogP contribution in [-0.4, -0.2) is 25.5 Å². The van der Waals surface area contributed by atoms with E-state index in [0.29, 0.717) is 23.8 Å². The molecule has 1 atom stereocenters. The van der Waals surface area contributed by atoms with Gasteiger partial charge in [-0.2, -0.15) is 0 Å². The summed E-state index contributed by atoms with van der Waals surface area (Å²) in [6, 6.07) is 15.4. The standard InChI is InChI=1S/C20H25NO2.C2H6/c1-4-5-18(21-3)14-23-19-12-10-17(11-13-19)20(22)16-8-6-15(2)7-9-16;1-2/h6-13,18,21H,4-5,14H2,1-3H3;1-2H3. The van der Waals surface area contributed by atoms with Crippen molar-refractivity contribution in [2.75, 3.05) is 13.7 Å². The van der Waals surface area contributed by atoms with Crippen LogP contribution in [0.25, 0.3) is 0 Å². The van der Waals surface area contributed by atoms with Crippen molar-refractivity contribution in [1.82, 2.24) is 5.32 Å². The van der Waals surface area contributed by atoms with Crippen LogP contribution in [0.4, 0.5) is 0 Å². The van der Waals surface area contributed by atoms with Crippen molar-refractivity contribution in [3.63, 3.8) is 0 Å². The minimum Gasteiger partial charge on any atom is -0.492 e. The zero-order valence-corrected chi connectivity index (χ0v) is 16.1. The van der Waals surface area contributed by atoms with Gasteiger partial charge >= 0.3 is 0 Å². The summed E-state index contributed by atoms with van der Waals surface area (Å²) in [5.41, 5.74) is 2.54. The Morgan fingerprint density at radius 1 is 1.00 bits per heavy atom. The van der Waals surface area contributed by atoms with Gasteiger partial charge in [0.1, 0.15) is 12.4 Å². The molecule has 0 spiro atoms. The highest BCUT2D eigenvalue weighted by Gasteiger charge is 2.10. The molecule has 3 heteroatoms. The second-order valence-corrected chi connectivity index (χ2v) is 5.80. The van der Waals surface area contributed by atoms with E-state index in [-0.39, 0.29) is 5.78 Å². The lowest BCUT2D eigenvalue weighted by atomic mass is 10.0. The van der Waals surface area contributed by atoms with E-state index < -0.39 is 0 Å². The fraction of sp³-hybridized carbons (Fsp3) is 0.409. The van der Waals surface area contributed by atoms with Crippen molar-refractivity contribution >= 4 is 5.78 Å². The molecule has 0 aliphatic rings. The summed E-state index contributed by atoms with van der Waals surface area (Å²) in [6.07, 6.45) is 2.21. The second-order valence-electron chi connectivity index (χ2n) is 5.80. The Bertz CT molecular complexity index is 617. The first-order chi connectivity index (χ1) is 12.1. The van der Waals surface area contributed by atoms with Crippen molar-refractivity contribution in [2.24, 2.45) is 0 Å². The van der Waals surface area contributed by atoms with Crippen LogP contribution in [0.3, 0.4) is 0 Å². The van der Waals surface area contributed by atoms with Gasteiger partial charge in [0.15, 0.2) is 5.78 Å². The lowest BCUT2D eigenvalue weighted by Gasteiger charge is -2.16. The third-order valence-corrected chi connectivity index (χ3v) is 3.93. The lowest BCUT2D eigenvalue weighted by molar-refractivity contribution is 0.103. The highest BCUT2D eigenvalue weighted by atomic mass is 16.5. The lowest BCUT2D eigenvalue weighted by Crippen LogP contribution is -2.31. The SMILES string of the molecule is CC.CCCC(COc1ccc(C(=O)c2ccc(C)cc2)cc1)NC. The molecule has 3 nitrogen and oxygen atoms in total. The predicted octanol–water partition coefficient (Wildman–Crippen LogP) is 5.02. The largest absolute Gasteiger partial charge is 0.492 e. The van der Waals surface area contributed by atoms with Crippen LogP contribution in [0, 0.1) is 6.92 Å². The minimum atomic E-state index is 0.0376. The highest BCUT2D eigenvalue weighted by Crippen LogP contribution is 2.16. The van der Waals surface area contributed by atoms with Gasteiger partial charge in [0.25, 0.3) is 0 Å². The molecule has 0 aromatic heterocycles. The van der Waals surface area contributed by atoms with Crippen molar-refractivity contribution in [3.05, 3.63) is 65.2 Å². The van der Waals surface area contributed by atoms with Gasteiger partial charge in [0.05, 0.1) is 0 Å². The molecule has 0 amide bonds. The van der Waals surface area contributed by atoms with E-state index >= 15 is 0 Å². The van der Waals surface area contributed by atoms with Crippen molar-refractivity contribution in [1.29, 1.82) is 0 Å². The van der Waals surface area contributed by atoms with Crippen LogP contribution in [0.2, 0.25) is 0 Å². The summed E-state index contributed by atoms with van der Waals surface area (Å²) in [4.78, 5) is 12.4. The first-order valence-electron chi connectivity index (χ1n) is 9.15. The van der Waals surface area contributed by atoms with Crippen LogP contribution in [0.15, 0.2) is 48.5 Å². The number of likely N-dealkylation sites (N-methyl/N-ethyl adjacent to an activating group) is 1. The summed E-state index contributed by atoms with van der Waals surface area (Å²) < 4.78 is 5.79. The van der Waals surface area contributed by atoms with E-state index in [0.717, 1.165) is 24.2 Å². The average Bonchev–Trinajstić information content (AvgIpc) is 2.67. The zero-order valence-electron chi connectivity index (χ0n) is 16.1. The van der Waals surface area contributed by atoms with Crippen LogP contribution in [0.1, 0.15) is 55.1 Å². The monoisotopic (exact) mass is 341 g/mol. The molecule has 2 aromatic carbocycles. The van der Waals surface area contributed by atoms with Gasteiger partial charge in [-0.15, -0.1) is 0 Å². The molecule has 136 valence electrons. The Morgan fingerprint density at radius 3 is 2.00 bits per heavy atom. The van der Waals surface area contributed by atoms with Gasteiger partial charge in [-0.3, -0.25) is 4.79 Å². The quantitative estimate of drug-likeness (QED) is 0.685. The topological polar surface area (TPSA) is 38.3 Å². The number of carbonyl (C=O) groups is 1. The number of ether oxygens (including phenoxy) is 1. The number of nitrogens with one attached hydrogen (secondary N) is 1. The molecular formula is C22H31NO2. The van der Waals surface area contributed by atoms with Gasteiger partial charge in [0.2, 0.25) is 0 Å². The second kappa shape index (κ2) is 11.4. The first kappa shape index (κ1) is 20.9. The van der Waals surface area contributed by atoms with Gasteiger partial charge in [-0.1, -0.05) is 57.0 Å².